The van der Waals surface area contributed by atoms with Crippen molar-refractivity contribution in [1.82, 2.24) is 4.90 Å². The van der Waals surface area contributed by atoms with Crippen LogP contribution in [-0.4, -0.2) is 35.0 Å². The predicted octanol–water partition coefficient (Wildman–Crippen LogP) is 3.06. The van der Waals surface area contributed by atoms with Crippen molar-refractivity contribution < 1.29 is 9.59 Å². The first-order valence-corrected chi connectivity index (χ1v) is 8.22. The van der Waals surface area contributed by atoms with Crippen LogP contribution in [0.4, 0.5) is 5.69 Å². The topological polar surface area (TPSA) is 53.0 Å². The second kappa shape index (κ2) is 7.40. The zero-order chi connectivity index (χ0) is 17.0. The Morgan fingerprint density at radius 3 is 2.43 bits per heavy atom. The van der Waals surface area contributed by atoms with E-state index in [1.807, 2.05) is 42.2 Å². The minimum Gasteiger partial charge on any atom is -0.335 e. The van der Waals surface area contributed by atoms with Crippen molar-refractivity contribution in [3.63, 3.8) is 0 Å². The average molecular weight is 315 g/mol. The maximum absolute atomic E-state index is 12.8. The summed E-state index contributed by atoms with van der Waals surface area (Å²) in [7, 11) is 0. The van der Waals surface area contributed by atoms with Gasteiger partial charge in [-0.05, 0) is 31.9 Å². The van der Waals surface area contributed by atoms with Crippen LogP contribution in [0.25, 0.3) is 0 Å². The summed E-state index contributed by atoms with van der Waals surface area (Å²) >= 11 is 0. The first-order chi connectivity index (χ1) is 11.0. The Labute approximate surface area is 138 Å². The number of nitrogens with zero attached hydrogens (tertiary/aromatic N) is 3. The van der Waals surface area contributed by atoms with E-state index in [9.17, 15) is 9.59 Å². The molecule has 0 radical (unpaired) electrons. The van der Waals surface area contributed by atoms with Crippen molar-refractivity contribution in [2.75, 3.05) is 11.6 Å². The zero-order valence-corrected chi connectivity index (χ0v) is 14.3. The molecule has 1 heterocycles. The van der Waals surface area contributed by atoms with Gasteiger partial charge in [-0.15, -0.1) is 0 Å². The third-order valence-electron chi connectivity index (χ3n) is 4.34. The van der Waals surface area contributed by atoms with Crippen molar-refractivity contribution in [3.8, 4) is 0 Å². The summed E-state index contributed by atoms with van der Waals surface area (Å²) in [6, 6.07) is 9.38. The second-order valence-electron chi connectivity index (χ2n) is 6.16. The van der Waals surface area contributed by atoms with Gasteiger partial charge in [-0.3, -0.25) is 9.59 Å². The number of anilines is 1. The van der Waals surface area contributed by atoms with Crippen LogP contribution >= 0.6 is 0 Å². The van der Waals surface area contributed by atoms with Gasteiger partial charge in [0.25, 0.3) is 5.91 Å². The molecular formula is C18H25N3O2. The number of para-hydroxylation sites is 1. The summed E-state index contributed by atoms with van der Waals surface area (Å²) in [6.45, 7) is 8.86. The highest BCUT2D eigenvalue weighted by molar-refractivity contribution is 6.40. The molecule has 0 bridgehead atoms. The Kier molecular flexibility index (Phi) is 5.53. The van der Waals surface area contributed by atoms with E-state index in [0.29, 0.717) is 36.7 Å². The van der Waals surface area contributed by atoms with E-state index in [-0.39, 0.29) is 17.9 Å². The first kappa shape index (κ1) is 17.2. The molecule has 0 spiro atoms. The molecule has 2 amide bonds. The smallest absolute Gasteiger partial charge is 0.270 e. The molecule has 0 fully saturated rings. The Morgan fingerprint density at radius 1 is 1.22 bits per heavy atom. The standard InChI is InChI=1S/C18H25N3O2/c1-5-20(14(4)13(2)3)18(23)16-11-12-17(22)21(19-16)15-9-7-6-8-10-15/h6-10,13-14H,5,11-12H2,1-4H3/t14-/m0/s1. The number of benzene rings is 1. The molecule has 0 unspecified atom stereocenters. The Balaban J connectivity index is 2.27. The lowest BCUT2D eigenvalue weighted by Gasteiger charge is -2.32. The van der Waals surface area contributed by atoms with Crippen LogP contribution in [0.2, 0.25) is 0 Å². The second-order valence-corrected chi connectivity index (χ2v) is 6.16. The van der Waals surface area contributed by atoms with Crippen LogP contribution in [0, 0.1) is 5.92 Å². The molecule has 0 saturated carbocycles. The van der Waals surface area contributed by atoms with Crippen LogP contribution in [0.3, 0.4) is 0 Å². The van der Waals surface area contributed by atoms with Crippen molar-refractivity contribution in [2.45, 2.75) is 46.6 Å². The summed E-state index contributed by atoms with van der Waals surface area (Å²) in [6.07, 6.45) is 0.718. The van der Waals surface area contributed by atoms with E-state index in [1.165, 1.54) is 5.01 Å². The van der Waals surface area contributed by atoms with Crippen LogP contribution in [0.5, 0.6) is 0 Å². The normalized spacial score (nSPS) is 16.3. The van der Waals surface area contributed by atoms with Gasteiger partial charge in [0.1, 0.15) is 5.71 Å². The molecule has 1 aliphatic rings. The lowest BCUT2D eigenvalue weighted by Crippen LogP contribution is -2.47. The van der Waals surface area contributed by atoms with E-state index in [1.54, 1.807) is 0 Å². The highest BCUT2D eigenvalue weighted by Gasteiger charge is 2.30. The number of hydrogen-bond donors (Lipinski definition) is 0. The fourth-order valence-electron chi connectivity index (χ4n) is 2.62. The first-order valence-electron chi connectivity index (χ1n) is 8.22. The Bertz CT molecular complexity index is 596. The van der Waals surface area contributed by atoms with Gasteiger partial charge in [0.05, 0.1) is 5.69 Å². The molecule has 1 aromatic carbocycles. The van der Waals surface area contributed by atoms with E-state index < -0.39 is 0 Å². The lowest BCUT2D eigenvalue weighted by molar-refractivity contribution is -0.126. The SMILES string of the molecule is CCN(C(=O)C1=NN(c2ccccc2)C(=O)CC1)[C@@H](C)C(C)C. The van der Waals surface area contributed by atoms with E-state index in [2.05, 4.69) is 25.9 Å². The van der Waals surface area contributed by atoms with Gasteiger partial charge in [-0.1, -0.05) is 32.0 Å². The fourth-order valence-corrected chi connectivity index (χ4v) is 2.62. The summed E-state index contributed by atoms with van der Waals surface area (Å²) in [4.78, 5) is 26.8. The number of rotatable bonds is 5. The maximum Gasteiger partial charge on any atom is 0.270 e. The number of carbonyl (C=O) groups is 2. The van der Waals surface area contributed by atoms with E-state index in [0.717, 1.165) is 0 Å². The lowest BCUT2D eigenvalue weighted by atomic mass is 10.0. The quantitative estimate of drug-likeness (QED) is 0.838. The molecular weight excluding hydrogens is 290 g/mol. The zero-order valence-electron chi connectivity index (χ0n) is 14.3. The average Bonchev–Trinajstić information content (AvgIpc) is 2.56. The van der Waals surface area contributed by atoms with Gasteiger partial charge in [-0.25, -0.2) is 5.01 Å². The van der Waals surface area contributed by atoms with Gasteiger partial charge in [0, 0.05) is 25.4 Å². The van der Waals surface area contributed by atoms with Crippen molar-refractivity contribution in [1.29, 1.82) is 0 Å². The summed E-state index contributed by atoms with van der Waals surface area (Å²) < 4.78 is 0. The minimum absolute atomic E-state index is 0.0675. The van der Waals surface area contributed by atoms with Crippen molar-refractivity contribution in [3.05, 3.63) is 30.3 Å². The molecule has 5 heteroatoms. The molecule has 2 rings (SSSR count). The van der Waals surface area contributed by atoms with Gasteiger partial charge >= 0.3 is 0 Å². The molecule has 1 aliphatic heterocycles. The largest absolute Gasteiger partial charge is 0.335 e. The highest BCUT2D eigenvalue weighted by atomic mass is 16.2. The Hall–Kier alpha value is -2.17. The summed E-state index contributed by atoms with van der Waals surface area (Å²) in [5.41, 5.74) is 1.16. The highest BCUT2D eigenvalue weighted by Crippen LogP contribution is 2.21. The predicted molar refractivity (Wildman–Crippen MR) is 92.3 cm³/mol. The molecule has 0 saturated heterocycles. The summed E-state index contributed by atoms with van der Waals surface area (Å²) in [5.74, 6) is 0.227. The third kappa shape index (κ3) is 3.78. The van der Waals surface area contributed by atoms with Gasteiger partial charge < -0.3 is 4.90 Å². The number of hydrogen-bond acceptors (Lipinski definition) is 3. The molecule has 1 aromatic rings. The van der Waals surface area contributed by atoms with Crippen LogP contribution < -0.4 is 5.01 Å². The molecule has 23 heavy (non-hydrogen) atoms. The van der Waals surface area contributed by atoms with Crippen LogP contribution in [0.15, 0.2) is 35.4 Å². The monoisotopic (exact) mass is 315 g/mol. The van der Waals surface area contributed by atoms with Crippen LogP contribution in [-0.2, 0) is 9.59 Å². The number of amides is 2. The van der Waals surface area contributed by atoms with Gasteiger partial charge in [-0.2, -0.15) is 5.10 Å². The molecule has 0 aromatic heterocycles. The van der Waals surface area contributed by atoms with Crippen LogP contribution in [0.1, 0.15) is 40.5 Å². The molecule has 0 N–H and O–H groups in total. The fraction of sp³-hybridized carbons (Fsp3) is 0.500. The van der Waals surface area contributed by atoms with E-state index >= 15 is 0 Å². The third-order valence-corrected chi connectivity index (χ3v) is 4.34. The van der Waals surface area contributed by atoms with Gasteiger partial charge in [0.2, 0.25) is 5.91 Å². The number of hydrazone groups is 1. The van der Waals surface area contributed by atoms with Gasteiger partial charge in [0.15, 0.2) is 0 Å². The number of carbonyl (C=O) groups excluding carboxylic acids is 2. The molecule has 0 aliphatic carbocycles. The van der Waals surface area contributed by atoms with Crippen molar-refractivity contribution in [2.24, 2.45) is 11.0 Å². The Morgan fingerprint density at radius 2 is 1.87 bits per heavy atom. The summed E-state index contributed by atoms with van der Waals surface area (Å²) in [5, 5.41) is 5.70. The minimum atomic E-state index is -0.0762. The maximum atomic E-state index is 12.8. The molecule has 5 nitrogen and oxygen atoms in total. The van der Waals surface area contributed by atoms with E-state index in [4.69, 9.17) is 0 Å². The molecule has 1 atom stereocenters. The van der Waals surface area contributed by atoms with Crippen molar-refractivity contribution >= 4 is 23.2 Å². The molecule has 124 valence electrons.